The average Bonchev–Trinajstić information content (AvgIpc) is 3.34. The van der Waals surface area contributed by atoms with Gasteiger partial charge >= 0.3 is 0 Å². The van der Waals surface area contributed by atoms with Crippen LogP contribution in [0.5, 0.6) is 17.2 Å². The van der Waals surface area contributed by atoms with Gasteiger partial charge in [0.1, 0.15) is 5.82 Å². The summed E-state index contributed by atoms with van der Waals surface area (Å²) in [7, 11) is 4.86. The normalized spacial score (nSPS) is 15.8. The van der Waals surface area contributed by atoms with Gasteiger partial charge in [-0.05, 0) is 61.0 Å². The lowest BCUT2D eigenvalue weighted by Crippen LogP contribution is -2.49. The van der Waals surface area contributed by atoms with Gasteiger partial charge in [0, 0.05) is 32.4 Å². The maximum Gasteiger partial charge on any atom is 0.203 e. The van der Waals surface area contributed by atoms with Crippen LogP contribution in [0.2, 0.25) is 0 Å². The summed E-state index contributed by atoms with van der Waals surface area (Å²) in [6, 6.07) is 9.77. The van der Waals surface area contributed by atoms with Crippen LogP contribution in [0.4, 0.5) is 5.82 Å². The minimum Gasteiger partial charge on any atom is -0.493 e. The molecule has 1 saturated heterocycles. The Morgan fingerprint density at radius 1 is 0.912 bits per heavy atom. The molecule has 4 rings (SSSR count). The van der Waals surface area contributed by atoms with Crippen molar-refractivity contribution in [1.29, 1.82) is 0 Å². The first kappa shape index (κ1) is 23.7. The predicted molar refractivity (Wildman–Crippen MR) is 129 cm³/mol. The fourth-order valence-corrected chi connectivity index (χ4v) is 4.37. The van der Waals surface area contributed by atoms with E-state index < -0.39 is 0 Å². The van der Waals surface area contributed by atoms with E-state index in [2.05, 4.69) is 51.1 Å². The molecule has 34 heavy (non-hydrogen) atoms. The number of pyridine rings is 1. The number of piperazine rings is 1. The van der Waals surface area contributed by atoms with Gasteiger partial charge < -0.3 is 19.1 Å². The molecule has 1 fully saturated rings. The highest BCUT2D eigenvalue weighted by atomic mass is 16.5. The van der Waals surface area contributed by atoms with Crippen molar-refractivity contribution in [1.82, 2.24) is 30.1 Å². The van der Waals surface area contributed by atoms with E-state index in [0.717, 1.165) is 43.4 Å². The summed E-state index contributed by atoms with van der Waals surface area (Å²) >= 11 is 0. The van der Waals surface area contributed by atoms with Crippen molar-refractivity contribution < 1.29 is 14.2 Å². The van der Waals surface area contributed by atoms with Crippen LogP contribution in [0.1, 0.15) is 38.2 Å². The highest BCUT2D eigenvalue weighted by molar-refractivity contribution is 5.55. The van der Waals surface area contributed by atoms with Crippen molar-refractivity contribution in [3.05, 3.63) is 47.9 Å². The first-order valence-electron chi connectivity index (χ1n) is 11.4. The monoisotopic (exact) mass is 467 g/mol. The van der Waals surface area contributed by atoms with Gasteiger partial charge in [-0.3, -0.25) is 4.90 Å². The lowest BCUT2D eigenvalue weighted by molar-refractivity contribution is 0.190. The maximum atomic E-state index is 5.65. The number of aromatic nitrogens is 5. The number of rotatable bonds is 7. The Hall–Kier alpha value is -3.40. The zero-order chi connectivity index (χ0) is 24.3. The molecule has 0 amide bonds. The molecule has 1 atom stereocenters. The van der Waals surface area contributed by atoms with Gasteiger partial charge in [-0.25, -0.2) is 9.67 Å². The summed E-state index contributed by atoms with van der Waals surface area (Å²) in [6.45, 7) is 9.60. The van der Waals surface area contributed by atoms with Gasteiger partial charge in [0.15, 0.2) is 17.3 Å². The van der Waals surface area contributed by atoms with E-state index in [0.29, 0.717) is 17.2 Å². The number of ether oxygens (including phenoxy) is 3. The van der Waals surface area contributed by atoms with Crippen LogP contribution in [0.3, 0.4) is 0 Å². The minimum atomic E-state index is -0.284. The zero-order valence-corrected chi connectivity index (χ0v) is 20.7. The number of hydrogen-bond donors (Lipinski definition) is 0. The van der Waals surface area contributed by atoms with Crippen LogP contribution in [-0.2, 0) is 5.54 Å². The van der Waals surface area contributed by atoms with E-state index in [-0.39, 0.29) is 11.6 Å². The third-order valence-corrected chi connectivity index (χ3v) is 6.03. The van der Waals surface area contributed by atoms with Gasteiger partial charge in [0.25, 0.3) is 0 Å². The highest BCUT2D eigenvalue weighted by Crippen LogP contribution is 2.42. The van der Waals surface area contributed by atoms with E-state index in [4.69, 9.17) is 14.2 Å². The molecule has 3 heterocycles. The number of methoxy groups -OCH3 is 3. The van der Waals surface area contributed by atoms with E-state index >= 15 is 0 Å². The fourth-order valence-electron chi connectivity index (χ4n) is 4.37. The van der Waals surface area contributed by atoms with E-state index in [1.165, 1.54) is 0 Å². The largest absolute Gasteiger partial charge is 0.493 e. The number of nitrogens with zero attached hydrogens (tertiary/aromatic N) is 7. The van der Waals surface area contributed by atoms with Gasteiger partial charge in [0.05, 0.1) is 32.9 Å². The SMILES string of the molecule is COc1cc([C@H](c2nnnn2C(C)(C)C)N2CCN(c3ccccn3)CC2)cc(OC)c1OC. The molecule has 3 aromatic rings. The highest BCUT2D eigenvalue weighted by Gasteiger charge is 2.34. The topological polar surface area (TPSA) is 90.7 Å². The van der Waals surface area contributed by atoms with Crippen molar-refractivity contribution in [2.75, 3.05) is 52.4 Å². The Balaban J connectivity index is 1.75. The Kier molecular flexibility index (Phi) is 6.87. The minimum absolute atomic E-state index is 0.200. The first-order chi connectivity index (χ1) is 16.4. The second-order valence-electron chi connectivity index (χ2n) is 9.19. The molecule has 10 nitrogen and oxygen atoms in total. The van der Waals surface area contributed by atoms with E-state index in [9.17, 15) is 0 Å². The Labute approximate surface area is 200 Å². The molecular formula is C24H33N7O3. The Morgan fingerprint density at radius 2 is 1.59 bits per heavy atom. The fraction of sp³-hybridized carbons (Fsp3) is 0.500. The van der Waals surface area contributed by atoms with Gasteiger partial charge in [-0.15, -0.1) is 5.10 Å². The molecule has 0 saturated carbocycles. The van der Waals surface area contributed by atoms with E-state index in [1.54, 1.807) is 21.3 Å². The van der Waals surface area contributed by atoms with Crippen LogP contribution < -0.4 is 19.1 Å². The van der Waals surface area contributed by atoms with Crippen LogP contribution >= 0.6 is 0 Å². The standard InChI is InChI=1S/C24H33N7O3/c1-24(2,3)31-23(26-27-28-31)21(17-15-18(32-4)22(34-6)19(16-17)33-5)30-13-11-29(12-14-30)20-9-7-8-10-25-20/h7-10,15-16,21H,11-14H2,1-6H3/t21-/m1/s1. The molecule has 0 N–H and O–H groups in total. The van der Waals surface area contributed by atoms with Crippen molar-refractivity contribution in [3.63, 3.8) is 0 Å². The first-order valence-corrected chi connectivity index (χ1v) is 11.4. The van der Waals surface area contributed by atoms with Crippen LogP contribution in [0.25, 0.3) is 0 Å². The van der Waals surface area contributed by atoms with Crippen molar-refractivity contribution in [2.45, 2.75) is 32.4 Å². The molecule has 0 aliphatic carbocycles. The second-order valence-corrected chi connectivity index (χ2v) is 9.19. The molecular weight excluding hydrogens is 434 g/mol. The Morgan fingerprint density at radius 3 is 2.12 bits per heavy atom. The van der Waals surface area contributed by atoms with Gasteiger partial charge in [-0.2, -0.15) is 0 Å². The quantitative estimate of drug-likeness (QED) is 0.520. The lowest BCUT2D eigenvalue weighted by atomic mass is 10.0. The Bertz CT molecular complexity index is 1060. The van der Waals surface area contributed by atoms with Crippen LogP contribution in [0.15, 0.2) is 36.5 Å². The summed E-state index contributed by atoms with van der Waals surface area (Å²) in [4.78, 5) is 9.21. The number of tetrazole rings is 1. The lowest BCUT2D eigenvalue weighted by Gasteiger charge is -2.40. The number of anilines is 1. The van der Waals surface area contributed by atoms with Gasteiger partial charge in [0.2, 0.25) is 5.75 Å². The molecule has 1 aliphatic rings. The molecule has 0 unspecified atom stereocenters. The molecule has 182 valence electrons. The van der Waals surface area contributed by atoms with Crippen molar-refractivity contribution in [2.24, 2.45) is 0 Å². The summed E-state index contributed by atoms with van der Waals surface area (Å²) in [5.41, 5.74) is 0.689. The van der Waals surface area contributed by atoms with Crippen LogP contribution in [-0.4, -0.2) is 77.6 Å². The maximum absolute atomic E-state index is 5.65. The second kappa shape index (κ2) is 9.84. The van der Waals surface area contributed by atoms with Crippen molar-refractivity contribution in [3.8, 4) is 17.2 Å². The molecule has 10 heteroatoms. The van der Waals surface area contributed by atoms with Crippen molar-refractivity contribution >= 4 is 5.82 Å². The average molecular weight is 468 g/mol. The summed E-state index contributed by atoms with van der Waals surface area (Å²) in [5, 5.41) is 12.9. The van der Waals surface area contributed by atoms with Crippen LogP contribution in [0, 0.1) is 0 Å². The number of hydrogen-bond acceptors (Lipinski definition) is 9. The molecule has 1 aliphatic heterocycles. The summed E-state index contributed by atoms with van der Waals surface area (Å²) in [6.07, 6.45) is 1.83. The smallest absolute Gasteiger partial charge is 0.203 e. The zero-order valence-electron chi connectivity index (χ0n) is 20.7. The molecule has 2 aromatic heterocycles. The molecule has 0 spiro atoms. The predicted octanol–water partition coefficient (Wildman–Crippen LogP) is 2.76. The third-order valence-electron chi connectivity index (χ3n) is 6.03. The number of benzene rings is 1. The third kappa shape index (κ3) is 4.63. The van der Waals surface area contributed by atoms with E-state index in [1.807, 2.05) is 41.2 Å². The molecule has 0 bridgehead atoms. The molecule has 1 aromatic carbocycles. The van der Waals surface area contributed by atoms with Gasteiger partial charge in [-0.1, -0.05) is 6.07 Å². The molecule has 0 radical (unpaired) electrons. The summed E-state index contributed by atoms with van der Waals surface area (Å²) in [5.74, 6) is 3.52. The summed E-state index contributed by atoms with van der Waals surface area (Å²) < 4.78 is 18.7.